The Morgan fingerprint density at radius 1 is 1.40 bits per heavy atom. The quantitative estimate of drug-likeness (QED) is 0.919. The molecule has 0 aliphatic rings. The van der Waals surface area contributed by atoms with Crippen molar-refractivity contribution in [3.63, 3.8) is 0 Å². The summed E-state index contributed by atoms with van der Waals surface area (Å²) in [6, 6.07) is 7.68. The molecule has 0 atom stereocenters. The Labute approximate surface area is 99.7 Å². The summed E-state index contributed by atoms with van der Waals surface area (Å²) in [6.07, 6.45) is 3.47. The number of nitrogens with one attached hydrogen (secondary N) is 1. The second kappa shape index (κ2) is 4.51. The largest absolute Gasteiger partial charge is 0.339 e. The highest BCUT2D eigenvalue weighted by molar-refractivity contribution is 9.10. The second-order valence-corrected chi connectivity index (χ2v) is 4.76. The minimum absolute atomic E-state index is 0.637. The lowest BCUT2D eigenvalue weighted by Gasteiger charge is -1.99. The Morgan fingerprint density at radius 3 is 2.93 bits per heavy atom. The van der Waals surface area contributed by atoms with Crippen molar-refractivity contribution in [2.75, 3.05) is 0 Å². The molecule has 15 heavy (non-hydrogen) atoms. The van der Waals surface area contributed by atoms with E-state index in [1.165, 1.54) is 11.8 Å². The third-order valence-electron chi connectivity index (χ3n) is 1.69. The smallest absolute Gasteiger partial charge is 0.170 e. The summed E-state index contributed by atoms with van der Waals surface area (Å²) in [5.41, 5.74) is 0.637. The van der Waals surface area contributed by atoms with Crippen molar-refractivity contribution < 1.29 is 0 Å². The van der Waals surface area contributed by atoms with Crippen LogP contribution in [0.4, 0.5) is 0 Å². The first-order chi connectivity index (χ1) is 7.28. The molecule has 0 amide bonds. The second-order valence-electron chi connectivity index (χ2n) is 2.78. The number of aromatic nitrogens is 2. The van der Waals surface area contributed by atoms with Crippen LogP contribution in [0.2, 0.25) is 0 Å². The van der Waals surface area contributed by atoms with Crippen LogP contribution in [0.25, 0.3) is 0 Å². The topological polar surface area (TPSA) is 52.5 Å². The molecule has 0 unspecified atom stereocenters. The maximum atomic E-state index is 8.81. The number of nitriles is 1. The maximum absolute atomic E-state index is 8.81. The third-order valence-corrected chi connectivity index (χ3v) is 3.03. The predicted molar refractivity (Wildman–Crippen MR) is 61.6 cm³/mol. The van der Waals surface area contributed by atoms with E-state index in [0.717, 1.165) is 14.5 Å². The first-order valence-corrected chi connectivity index (χ1v) is 5.77. The molecule has 0 fully saturated rings. The number of benzene rings is 1. The van der Waals surface area contributed by atoms with Crippen LogP contribution in [-0.2, 0) is 0 Å². The molecular weight excluding hydrogens is 274 g/mol. The van der Waals surface area contributed by atoms with Crippen molar-refractivity contribution in [2.24, 2.45) is 0 Å². The summed E-state index contributed by atoms with van der Waals surface area (Å²) in [7, 11) is 0. The van der Waals surface area contributed by atoms with Crippen LogP contribution in [-0.4, -0.2) is 9.97 Å². The summed E-state index contributed by atoms with van der Waals surface area (Å²) in [4.78, 5) is 8.08. The summed E-state index contributed by atoms with van der Waals surface area (Å²) < 4.78 is 0.899. The predicted octanol–water partition coefficient (Wildman–Crippen LogP) is 3.20. The number of halogens is 1. The lowest BCUT2D eigenvalue weighted by atomic mass is 10.2. The fourth-order valence-electron chi connectivity index (χ4n) is 1.10. The van der Waals surface area contributed by atoms with Gasteiger partial charge < -0.3 is 4.98 Å². The molecule has 2 aromatic rings. The van der Waals surface area contributed by atoms with Crippen LogP contribution in [0, 0.1) is 11.3 Å². The van der Waals surface area contributed by atoms with Gasteiger partial charge in [-0.2, -0.15) is 5.26 Å². The molecule has 0 bridgehead atoms. The van der Waals surface area contributed by atoms with Gasteiger partial charge in [-0.25, -0.2) is 4.98 Å². The average Bonchev–Trinajstić information content (AvgIpc) is 2.69. The van der Waals surface area contributed by atoms with E-state index in [4.69, 9.17) is 5.26 Å². The number of aromatic amines is 1. The van der Waals surface area contributed by atoms with Crippen LogP contribution in [0.1, 0.15) is 5.56 Å². The Bertz CT molecular complexity index is 502. The molecule has 5 heteroatoms. The summed E-state index contributed by atoms with van der Waals surface area (Å²) in [6.45, 7) is 0. The number of hydrogen-bond acceptors (Lipinski definition) is 3. The molecular formula is C10H6BrN3S. The molecule has 0 saturated carbocycles. The summed E-state index contributed by atoms with van der Waals surface area (Å²) in [5.74, 6) is 0. The number of H-pyrrole nitrogens is 1. The van der Waals surface area contributed by atoms with Crippen molar-refractivity contribution in [2.45, 2.75) is 10.1 Å². The number of imidazole rings is 1. The van der Waals surface area contributed by atoms with Gasteiger partial charge in [0.2, 0.25) is 0 Å². The van der Waals surface area contributed by atoms with Crippen molar-refractivity contribution in [3.8, 4) is 6.07 Å². The molecule has 1 N–H and O–H groups in total. The maximum Gasteiger partial charge on any atom is 0.170 e. The van der Waals surface area contributed by atoms with Crippen LogP contribution in [0.5, 0.6) is 0 Å². The van der Waals surface area contributed by atoms with Crippen molar-refractivity contribution in [3.05, 3.63) is 40.6 Å². The first kappa shape index (κ1) is 10.3. The zero-order chi connectivity index (χ0) is 10.7. The highest BCUT2D eigenvalue weighted by atomic mass is 79.9. The van der Waals surface area contributed by atoms with Crippen LogP contribution in [0.15, 0.2) is 45.1 Å². The van der Waals surface area contributed by atoms with Gasteiger partial charge in [-0.3, -0.25) is 0 Å². The van der Waals surface area contributed by atoms with Gasteiger partial charge in [0, 0.05) is 21.8 Å². The molecule has 3 nitrogen and oxygen atoms in total. The molecule has 0 spiro atoms. The lowest BCUT2D eigenvalue weighted by Crippen LogP contribution is -1.79. The van der Waals surface area contributed by atoms with E-state index < -0.39 is 0 Å². The fraction of sp³-hybridized carbons (Fsp3) is 0. The number of hydrogen-bond donors (Lipinski definition) is 1. The third kappa shape index (κ3) is 2.61. The summed E-state index contributed by atoms with van der Waals surface area (Å²) >= 11 is 4.85. The standard InChI is InChI=1S/C10H6BrN3S/c11-8-3-7(6-12)4-9(5-8)15-10-13-1-2-14-10/h1-5H,(H,13,14). The molecule has 0 saturated heterocycles. The molecule has 1 aromatic carbocycles. The fourth-order valence-corrected chi connectivity index (χ4v) is 2.58. The highest BCUT2D eigenvalue weighted by Crippen LogP contribution is 2.28. The zero-order valence-corrected chi connectivity index (χ0v) is 9.97. The Kier molecular flexibility index (Phi) is 3.09. The molecule has 0 aliphatic heterocycles. The van der Waals surface area contributed by atoms with Crippen LogP contribution < -0.4 is 0 Å². The number of rotatable bonds is 2. The Hall–Kier alpha value is -1.25. The van der Waals surface area contributed by atoms with Crippen LogP contribution in [0.3, 0.4) is 0 Å². The zero-order valence-electron chi connectivity index (χ0n) is 7.57. The van der Waals surface area contributed by atoms with Crippen molar-refractivity contribution in [1.82, 2.24) is 9.97 Å². The van der Waals surface area contributed by atoms with E-state index in [0.29, 0.717) is 5.56 Å². The minimum Gasteiger partial charge on any atom is -0.339 e. The van der Waals surface area contributed by atoms with Gasteiger partial charge in [-0.15, -0.1) is 0 Å². The van der Waals surface area contributed by atoms with Gasteiger partial charge in [-0.1, -0.05) is 27.7 Å². The van der Waals surface area contributed by atoms with E-state index in [9.17, 15) is 0 Å². The van der Waals surface area contributed by atoms with Gasteiger partial charge in [-0.05, 0) is 18.2 Å². The monoisotopic (exact) mass is 279 g/mol. The summed E-state index contributed by atoms with van der Waals surface area (Å²) in [5, 5.41) is 9.63. The van der Waals surface area contributed by atoms with E-state index in [-0.39, 0.29) is 0 Å². The van der Waals surface area contributed by atoms with E-state index >= 15 is 0 Å². The van der Waals surface area contributed by atoms with Gasteiger partial charge in [0.1, 0.15) is 0 Å². The van der Waals surface area contributed by atoms with E-state index in [1.807, 2.05) is 12.1 Å². The molecule has 74 valence electrons. The number of nitrogens with zero attached hydrogens (tertiary/aromatic N) is 2. The van der Waals surface area contributed by atoms with E-state index in [2.05, 4.69) is 32.0 Å². The highest BCUT2D eigenvalue weighted by Gasteiger charge is 2.02. The van der Waals surface area contributed by atoms with E-state index in [1.54, 1.807) is 18.5 Å². The molecule has 0 radical (unpaired) electrons. The minimum atomic E-state index is 0.637. The molecule has 2 rings (SSSR count). The SMILES string of the molecule is N#Cc1cc(Br)cc(Sc2ncc[nH]2)c1. The molecule has 0 aliphatic carbocycles. The normalized spacial score (nSPS) is 9.87. The van der Waals surface area contributed by atoms with Gasteiger partial charge in [0.25, 0.3) is 0 Å². The molecule has 1 aromatic heterocycles. The van der Waals surface area contributed by atoms with Gasteiger partial charge in [0.05, 0.1) is 11.6 Å². The Balaban J connectivity index is 2.29. The molecule has 1 heterocycles. The van der Waals surface area contributed by atoms with Crippen molar-refractivity contribution >= 4 is 27.7 Å². The first-order valence-electron chi connectivity index (χ1n) is 4.16. The van der Waals surface area contributed by atoms with Gasteiger partial charge >= 0.3 is 0 Å². The van der Waals surface area contributed by atoms with Gasteiger partial charge in [0.15, 0.2) is 5.16 Å². The Morgan fingerprint density at radius 2 is 2.27 bits per heavy atom. The average molecular weight is 280 g/mol. The van der Waals surface area contributed by atoms with Crippen molar-refractivity contribution in [1.29, 1.82) is 5.26 Å². The van der Waals surface area contributed by atoms with Crippen LogP contribution >= 0.6 is 27.7 Å². The lowest BCUT2D eigenvalue weighted by molar-refractivity contribution is 1.06.